The molecule has 0 saturated heterocycles. The molecule has 0 spiro atoms. The van der Waals surface area contributed by atoms with E-state index in [0.717, 1.165) is 0 Å². The molecule has 0 unspecified atom stereocenters. The zero-order valence-corrected chi connectivity index (χ0v) is 33.9. The molecule has 0 bridgehead atoms. The van der Waals surface area contributed by atoms with Crippen LogP contribution in [-0.2, 0) is 0 Å². The van der Waals surface area contributed by atoms with Crippen molar-refractivity contribution in [3.8, 4) is 44.5 Å². The summed E-state index contributed by atoms with van der Waals surface area (Å²) in [5.74, 6) is 0. The Morgan fingerprint density at radius 3 is 0.548 bits per heavy atom. The number of hydrogen-bond donors (Lipinski definition) is 0. The fourth-order valence-corrected chi connectivity index (χ4v) is 10.9. The smallest absolute Gasteiger partial charge is 0.00139 e. The number of rotatable bonds is 4. The van der Waals surface area contributed by atoms with Crippen LogP contribution in [0.3, 0.4) is 0 Å². The van der Waals surface area contributed by atoms with Crippen LogP contribution >= 0.6 is 0 Å². The Bertz CT molecular complexity index is 3540. The van der Waals surface area contributed by atoms with Gasteiger partial charge in [0.05, 0.1) is 0 Å². The second-order valence-corrected chi connectivity index (χ2v) is 16.6. The van der Waals surface area contributed by atoms with E-state index in [1.54, 1.807) is 0 Å². The fraction of sp³-hybridized carbons (Fsp3) is 0. The minimum absolute atomic E-state index is 1.25. The van der Waals surface area contributed by atoms with Crippen LogP contribution in [0.4, 0.5) is 0 Å². The van der Waals surface area contributed by atoms with Gasteiger partial charge in [-0.15, -0.1) is 0 Å². The first-order valence-corrected chi connectivity index (χ1v) is 21.6. The maximum atomic E-state index is 2.36. The van der Waals surface area contributed by atoms with E-state index < -0.39 is 0 Å². The van der Waals surface area contributed by atoms with Gasteiger partial charge in [0, 0.05) is 0 Å². The number of hydrogen-bond acceptors (Lipinski definition) is 0. The first-order valence-electron chi connectivity index (χ1n) is 21.6. The van der Waals surface area contributed by atoms with Crippen molar-refractivity contribution in [3.63, 3.8) is 0 Å². The highest BCUT2D eigenvalue weighted by atomic mass is 14.3. The Morgan fingerprint density at radius 2 is 0.306 bits per heavy atom. The monoisotopic (exact) mass is 782 g/mol. The van der Waals surface area contributed by atoms with Crippen molar-refractivity contribution in [1.82, 2.24) is 0 Å². The third-order valence-electron chi connectivity index (χ3n) is 13.4. The fourth-order valence-electron chi connectivity index (χ4n) is 10.9. The lowest BCUT2D eigenvalue weighted by Crippen LogP contribution is -1.96. The van der Waals surface area contributed by atoms with Gasteiger partial charge in [0.25, 0.3) is 0 Å². The minimum Gasteiger partial charge on any atom is -0.0616 e. The van der Waals surface area contributed by atoms with E-state index >= 15 is 0 Å². The van der Waals surface area contributed by atoms with Gasteiger partial charge < -0.3 is 0 Å². The van der Waals surface area contributed by atoms with E-state index in [2.05, 4.69) is 231 Å². The molecular formula is C62H38. The molecule has 0 nitrogen and oxygen atoms in total. The topological polar surface area (TPSA) is 0 Å². The highest BCUT2D eigenvalue weighted by molar-refractivity contribution is 6.34. The zero-order valence-electron chi connectivity index (χ0n) is 33.9. The maximum Gasteiger partial charge on any atom is -0.00139 e. The minimum atomic E-state index is 1.25. The lowest BCUT2D eigenvalue weighted by molar-refractivity contribution is 1.68. The van der Waals surface area contributed by atoms with Gasteiger partial charge in [0.2, 0.25) is 0 Å². The Labute approximate surface area is 359 Å². The first kappa shape index (κ1) is 34.8. The van der Waals surface area contributed by atoms with Crippen molar-refractivity contribution in [2.24, 2.45) is 0 Å². The Morgan fingerprint density at radius 1 is 0.129 bits per heavy atom. The van der Waals surface area contributed by atoms with Crippen molar-refractivity contribution in [1.29, 1.82) is 0 Å². The third-order valence-corrected chi connectivity index (χ3v) is 13.4. The molecule has 0 fully saturated rings. The second kappa shape index (κ2) is 13.7. The molecule has 0 aromatic heterocycles. The molecule has 0 radical (unpaired) electrons. The van der Waals surface area contributed by atoms with E-state index in [1.807, 2.05) is 0 Å². The quantitative estimate of drug-likeness (QED) is 0.156. The van der Waals surface area contributed by atoms with Gasteiger partial charge in [-0.1, -0.05) is 231 Å². The number of benzene rings is 13. The lowest BCUT2D eigenvalue weighted by atomic mass is 9.78. The van der Waals surface area contributed by atoms with Gasteiger partial charge >= 0.3 is 0 Å². The van der Waals surface area contributed by atoms with Crippen LogP contribution in [0.1, 0.15) is 0 Å². The molecule has 13 aromatic carbocycles. The standard InChI is InChI=1S/C62H38/c1-3-23-41-39(19-1)21-17-37-43(41)57-45-25-5-9-29-49(45)59(50-30-10-6-26-46(50)57)61-53-33-13-15-35-55(53)62(56-36-16-14-34-54(56)61)60-51-31-11-7-27-47(51)58(48-28-8-12-32-52(48)60)44-38-18-22-40-20-2-4-24-42(40)44/h1-38H. The average Bonchev–Trinajstić information content (AvgIpc) is 3.34. The van der Waals surface area contributed by atoms with Crippen molar-refractivity contribution in [3.05, 3.63) is 231 Å². The van der Waals surface area contributed by atoms with Crippen LogP contribution in [0, 0.1) is 0 Å². The molecule has 13 rings (SSSR count). The summed E-state index contributed by atoms with van der Waals surface area (Å²) in [5.41, 5.74) is 10.2. The maximum absolute atomic E-state index is 2.36. The normalized spacial score (nSPS) is 11.9. The molecule has 0 heterocycles. The summed E-state index contributed by atoms with van der Waals surface area (Å²) in [6.45, 7) is 0. The predicted octanol–water partition coefficient (Wildman–Crippen LogP) is 17.6. The van der Waals surface area contributed by atoms with Crippen LogP contribution in [0.25, 0.3) is 131 Å². The molecule has 13 aromatic rings. The Balaban J connectivity index is 1.18. The SMILES string of the molecule is c1ccc2c(-c3c4ccccc4c(-c4c5ccccc5c(-c5c6ccccc6c(-c6cccc7ccccc67)c6ccccc56)c5ccccc45)c4ccccc34)cccc2c1. The van der Waals surface area contributed by atoms with Crippen molar-refractivity contribution < 1.29 is 0 Å². The summed E-state index contributed by atoms with van der Waals surface area (Å²) >= 11 is 0. The highest BCUT2D eigenvalue weighted by Crippen LogP contribution is 2.53. The van der Waals surface area contributed by atoms with Crippen molar-refractivity contribution in [2.75, 3.05) is 0 Å². The van der Waals surface area contributed by atoms with Gasteiger partial charge in [-0.2, -0.15) is 0 Å². The van der Waals surface area contributed by atoms with Gasteiger partial charge in [-0.3, -0.25) is 0 Å². The van der Waals surface area contributed by atoms with Gasteiger partial charge in [0.1, 0.15) is 0 Å². The molecule has 0 heteroatoms. The van der Waals surface area contributed by atoms with Crippen molar-refractivity contribution >= 4 is 86.2 Å². The van der Waals surface area contributed by atoms with Crippen LogP contribution in [0.15, 0.2) is 231 Å². The molecule has 0 saturated carbocycles. The summed E-state index contributed by atoms with van der Waals surface area (Å²) in [6.07, 6.45) is 0. The zero-order chi connectivity index (χ0) is 40.7. The van der Waals surface area contributed by atoms with Crippen LogP contribution in [0.2, 0.25) is 0 Å². The predicted molar refractivity (Wildman–Crippen MR) is 268 cm³/mol. The second-order valence-electron chi connectivity index (χ2n) is 16.6. The van der Waals surface area contributed by atoms with E-state index in [0.29, 0.717) is 0 Å². The molecule has 0 atom stereocenters. The summed E-state index contributed by atoms with van der Waals surface area (Å²) in [7, 11) is 0. The lowest BCUT2D eigenvalue weighted by Gasteiger charge is -2.24. The molecule has 0 aliphatic heterocycles. The van der Waals surface area contributed by atoms with E-state index in [-0.39, 0.29) is 0 Å². The first-order chi connectivity index (χ1) is 30.8. The van der Waals surface area contributed by atoms with Gasteiger partial charge in [0.15, 0.2) is 0 Å². The van der Waals surface area contributed by atoms with Gasteiger partial charge in [-0.05, 0) is 131 Å². The summed E-state index contributed by atoms with van der Waals surface area (Å²) in [6, 6.07) is 85.7. The Kier molecular flexibility index (Phi) is 7.71. The molecule has 62 heavy (non-hydrogen) atoms. The van der Waals surface area contributed by atoms with E-state index in [4.69, 9.17) is 0 Å². The van der Waals surface area contributed by atoms with Gasteiger partial charge in [-0.25, -0.2) is 0 Å². The molecule has 0 N–H and O–H groups in total. The summed E-state index contributed by atoms with van der Waals surface area (Å²) < 4.78 is 0. The highest BCUT2D eigenvalue weighted by Gasteiger charge is 2.25. The summed E-state index contributed by atoms with van der Waals surface area (Å²) in [4.78, 5) is 0. The van der Waals surface area contributed by atoms with E-state index in [1.165, 1.54) is 131 Å². The molecule has 0 aliphatic carbocycles. The van der Waals surface area contributed by atoms with Crippen molar-refractivity contribution in [2.45, 2.75) is 0 Å². The summed E-state index contributed by atoms with van der Waals surface area (Å²) in [5, 5.41) is 20.1. The van der Waals surface area contributed by atoms with Crippen LogP contribution < -0.4 is 0 Å². The van der Waals surface area contributed by atoms with Crippen LogP contribution in [-0.4, -0.2) is 0 Å². The Hall–Kier alpha value is -8.06. The molecular weight excluding hydrogens is 745 g/mol. The molecule has 0 aliphatic rings. The largest absolute Gasteiger partial charge is 0.0616 e. The molecule has 286 valence electrons. The van der Waals surface area contributed by atoms with Crippen LogP contribution in [0.5, 0.6) is 0 Å². The molecule has 0 amide bonds. The third kappa shape index (κ3) is 5.01. The number of fused-ring (bicyclic) bond motifs is 8. The average molecular weight is 783 g/mol. The van der Waals surface area contributed by atoms with E-state index in [9.17, 15) is 0 Å².